The van der Waals surface area contributed by atoms with Crippen molar-refractivity contribution in [1.82, 2.24) is 0 Å². The van der Waals surface area contributed by atoms with Crippen molar-refractivity contribution < 1.29 is 9.13 Å². The highest BCUT2D eigenvalue weighted by Crippen LogP contribution is 2.33. The summed E-state index contributed by atoms with van der Waals surface area (Å²) in [6, 6.07) is 4.88. The number of nitrogens with zero attached hydrogens (tertiary/aromatic N) is 1. The van der Waals surface area contributed by atoms with Crippen LogP contribution in [0.25, 0.3) is 0 Å². The first-order chi connectivity index (χ1) is 7.03. The number of aliphatic imine (C=N–C) groups is 1. The summed E-state index contributed by atoms with van der Waals surface area (Å²) in [5.74, 6) is -0.469. The van der Waals surface area contributed by atoms with E-state index >= 15 is 0 Å². The van der Waals surface area contributed by atoms with Gasteiger partial charge in [0.15, 0.2) is 0 Å². The van der Waals surface area contributed by atoms with Crippen molar-refractivity contribution in [3.05, 3.63) is 34.6 Å². The first kappa shape index (κ1) is 10.2. The van der Waals surface area contributed by atoms with E-state index in [2.05, 4.69) is 4.99 Å². The molecule has 2 N–H and O–H groups in total. The van der Waals surface area contributed by atoms with Crippen molar-refractivity contribution in [3.8, 4) is 0 Å². The van der Waals surface area contributed by atoms with Gasteiger partial charge in [0.25, 0.3) is 6.02 Å². The zero-order valence-corrected chi connectivity index (χ0v) is 8.88. The Kier molecular flexibility index (Phi) is 2.31. The van der Waals surface area contributed by atoms with Gasteiger partial charge in [-0.05, 0) is 13.0 Å². The highest BCUT2D eigenvalue weighted by molar-refractivity contribution is 6.30. The van der Waals surface area contributed by atoms with Gasteiger partial charge in [0.1, 0.15) is 18.0 Å². The zero-order valence-electron chi connectivity index (χ0n) is 8.13. The number of amidine groups is 1. The van der Waals surface area contributed by atoms with Gasteiger partial charge in [-0.1, -0.05) is 23.7 Å². The molecule has 0 radical (unpaired) electrons. The lowest BCUT2D eigenvalue weighted by Crippen LogP contribution is -2.22. The third-order valence-electron chi connectivity index (χ3n) is 2.39. The van der Waals surface area contributed by atoms with E-state index in [1.165, 1.54) is 6.07 Å². The van der Waals surface area contributed by atoms with E-state index in [-0.39, 0.29) is 17.7 Å². The Bertz CT molecular complexity index is 435. The Hall–Kier alpha value is -1.29. The number of hydrogen-bond donors (Lipinski definition) is 1. The maximum atomic E-state index is 13.7. The second kappa shape index (κ2) is 3.38. The first-order valence-corrected chi connectivity index (χ1v) is 4.83. The fourth-order valence-corrected chi connectivity index (χ4v) is 1.75. The van der Waals surface area contributed by atoms with E-state index in [1.807, 2.05) is 0 Å². The van der Waals surface area contributed by atoms with Crippen LogP contribution >= 0.6 is 11.6 Å². The lowest BCUT2D eigenvalue weighted by Gasteiger charge is -2.19. The summed E-state index contributed by atoms with van der Waals surface area (Å²) in [5, 5.41) is 0.0781. The van der Waals surface area contributed by atoms with Crippen LogP contribution < -0.4 is 5.73 Å². The number of halogens is 2. The van der Waals surface area contributed by atoms with E-state index in [0.29, 0.717) is 5.56 Å². The van der Waals surface area contributed by atoms with E-state index < -0.39 is 11.4 Å². The molecule has 0 aliphatic carbocycles. The molecule has 0 amide bonds. The van der Waals surface area contributed by atoms with Gasteiger partial charge in [0, 0.05) is 5.56 Å². The smallest absolute Gasteiger partial charge is 0.283 e. The molecule has 15 heavy (non-hydrogen) atoms. The van der Waals surface area contributed by atoms with Crippen molar-refractivity contribution in [2.45, 2.75) is 12.5 Å². The Balaban J connectivity index is 2.50. The van der Waals surface area contributed by atoms with Crippen LogP contribution in [-0.4, -0.2) is 12.6 Å². The predicted molar refractivity (Wildman–Crippen MR) is 56.3 cm³/mol. The normalized spacial score (nSPS) is 24.9. The summed E-state index contributed by atoms with van der Waals surface area (Å²) in [5.41, 5.74) is 5.03. The lowest BCUT2D eigenvalue weighted by molar-refractivity contribution is 0.262. The minimum atomic E-state index is -0.779. The molecule has 0 saturated heterocycles. The summed E-state index contributed by atoms with van der Waals surface area (Å²) >= 11 is 5.70. The Labute approximate surface area is 91.7 Å². The van der Waals surface area contributed by atoms with Crippen molar-refractivity contribution >= 4 is 17.6 Å². The average molecular weight is 229 g/mol. The van der Waals surface area contributed by atoms with Gasteiger partial charge in [0.05, 0.1) is 5.02 Å². The molecule has 2 rings (SSSR count). The summed E-state index contributed by atoms with van der Waals surface area (Å²) in [6.07, 6.45) is 0. The van der Waals surface area contributed by atoms with Crippen molar-refractivity contribution in [1.29, 1.82) is 0 Å². The van der Waals surface area contributed by atoms with Crippen LogP contribution in [0.4, 0.5) is 4.39 Å². The summed E-state index contributed by atoms with van der Waals surface area (Å²) in [4.78, 5) is 4.07. The molecule has 5 heteroatoms. The third kappa shape index (κ3) is 1.65. The minimum Gasteiger partial charge on any atom is -0.462 e. The van der Waals surface area contributed by atoms with Crippen LogP contribution in [0.15, 0.2) is 23.2 Å². The maximum absolute atomic E-state index is 13.7. The molecule has 80 valence electrons. The molecule has 1 unspecified atom stereocenters. The van der Waals surface area contributed by atoms with Gasteiger partial charge < -0.3 is 10.5 Å². The number of benzene rings is 1. The minimum absolute atomic E-state index is 0.0781. The fourth-order valence-electron chi connectivity index (χ4n) is 1.58. The molecule has 0 spiro atoms. The summed E-state index contributed by atoms with van der Waals surface area (Å²) in [7, 11) is 0. The average Bonchev–Trinajstić information content (AvgIpc) is 2.52. The first-order valence-electron chi connectivity index (χ1n) is 4.45. The molecule has 1 aromatic rings. The molecule has 0 saturated carbocycles. The number of ether oxygens (including phenoxy) is 1. The largest absolute Gasteiger partial charge is 0.462 e. The summed E-state index contributed by atoms with van der Waals surface area (Å²) < 4.78 is 18.8. The maximum Gasteiger partial charge on any atom is 0.283 e. The molecule has 3 nitrogen and oxygen atoms in total. The van der Waals surface area contributed by atoms with Gasteiger partial charge in [-0.3, -0.25) is 0 Å². The summed E-state index contributed by atoms with van der Waals surface area (Å²) in [6.45, 7) is 1.98. The van der Waals surface area contributed by atoms with Crippen LogP contribution in [0.1, 0.15) is 12.5 Å². The van der Waals surface area contributed by atoms with Gasteiger partial charge in [-0.25, -0.2) is 9.38 Å². The van der Waals surface area contributed by atoms with E-state index in [0.717, 1.165) is 0 Å². The van der Waals surface area contributed by atoms with Gasteiger partial charge >= 0.3 is 0 Å². The molecule has 1 aromatic carbocycles. The van der Waals surface area contributed by atoms with Crippen LogP contribution in [0.2, 0.25) is 5.02 Å². The van der Waals surface area contributed by atoms with E-state index in [4.69, 9.17) is 22.1 Å². The molecule has 0 bridgehead atoms. The van der Waals surface area contributed by atoms with Crippen LogP contribution in [0, 0.1) is 5.82 Å². The lowest BCUT2D eigenvalue weighted by atomic mass is 9.94. The van der Waals surface area contributed by atoms with Crippen molar-refractivity contribution in [3.63, 3.8) is 0 Å². The Morgan fingerprint density at radius 1 is 1.60 bits per heavy atom. The van der Waals surface area contributed by atoms with E-state index in [9.17, 15) is 4.39 Å². The highest BCUT2D eigenvalue weighted by atomic mass is 35.5. The van der Waals surface area contributed by atoms with E-state index in [1.54, 1.807) is 19.1 Å². The van der Waals surface area contributed by atoms with Crippen LogP contribution in [0.5, 0.6) is 0 Å². The molecule has 0 fully saturated rings. The third-order valence-corrected chi connectivity index (χ3v) is 2.68. The fraction of sp³-hybridized carbons (Fsp3) is 0.300. The monoisotopic (exact) mass is 228 g/mol. The molecule has 1 aliphatic rings. The number of hydrogen-bond acceptors (Lipinski definition) is 3. The van der Waals surface area contributed by atoms with Gasteiger partial charge in [-0.2, -0.15) is 0 Å². The number of nitrogens with two attached hydrogens (primary N) is 1. The van der Waals surface area contributed by atoms with Crippen LogP contribution in [0.3, 0.4) is 0 Å². The topological polar surface area (TPSA) is 47.6 Å². The van der Waals surface area contributed by atoms with Gasteiger partial charge in [0.2, 0.25) is 0 Å². The molecular weight excluding hydrogens is 219 g/mol. The molecule has 1 aliphatic heterocycles. The highest BCUT2D eigenvalue weighted by Gasteiger charge is 2.35. The molecule has 0 aromatic heterocycles. The van der Waals surface area contributed by atoms with Crippen molar-refractivity contribution in [2.75, 3.05) is 6.61 Å². The Morgan fingerprint density at radius 2 is 2.33 bits per heavy atom. The zero-order chi connectivity index (χ0) is 11.1. The van der Waals surface area contributed by atoms with Crippen LogP contribution in [-0.2, 0) is 10.3 Å². The quantitative estimate of drug-likeness (QED) is 0.800. The van der Waals surface area contributed by atoms with Gasteiger partial charge in [-0.15, -0.1) is 0 Å². The molecule has 1 atom stereocenters. The Morgan fingerprint density at radius 3 is 2.93 bits per heavy atom. The van der Waals surface area contributed by atoms with Crippen molar-refractivity contribution in [2.24, 2.45) is 10.7 Å². The molecular formula is C10H10ClFN2O. The number of rotatable bonds is 1. The SMILES string of the molecule is CC1(c2cccc(Cl)c2F)COC(N)=N1. The second-order valence-electron chi connectivity index (χ2n) is 3.61. The predicted octanol–water partition coefficient (Wildman–Crippen LogP) is 2.04. The standard InChI is InChI=1S/C10H10ClFN2O/c1-10(5-15-9(13)14-10)6-3-2-4-7(11)8(6)12/h2-4H,5H2,1H3,(H2,13,14). The molecule has 1 heterocycles. The second-order valence-corrected chi connectivity index (χ2v) is 4.02.